The largest absolute Gasteiger partial charge is 0.496 e. The molecule has 1 atom stereocenters. The van der Waals surface area contributed by atoms with Gasteiger partial charge in [-0.25, -0.2) is 8.78 Å². The first kappa shape index (κ1) is 14.3. The fraction of sp³-hybridized carbons (Fsp3) is 0.600. The first-order valence-electron chi connectivity index (χ1n) is 6.76. The zero-order valence-electron chi connectivity index (χ0n) is 11.5. The van der Waals surface area contributed by atoms with Gasteiger partial charge in [-0.1, -0.05) is 0 Å². The Kier molecular flexibility index (Phi) is 4.40. The second-order valence-electron chi connectivity index (χ2n) is 5.33. The lowest BCUT2D eigenvalue weighted by Gasteiger charge is -2.24. The molecule has 106 valence electrons. The van der Waals surface area contributed by atoms with Crippen molar-refractivity contribution >= 4 is 0 Å². The molecule has 0 spiro atoms. The fourth-order valence-electron chi connectivity index (χ4n) is 2.62. The lowest BCUT2D eigenvalue weighted by atomic mass is 9.91. The second-order valence-corrected chi connectivity index (χ2v) is 5.33. The lowest BCUT2D eigenvalue weighted by molar-refractivity contribution is 0.0173. The van der Waals surface area contributed by atoms with Gasteiger partial charge < -0.3 is 10.1 Å². The highest BCUT2D eigenvalue weighted by molar-refractivity contribution is 5.39. The van der Waals surface area contributed by atoms with Crippen LogP contribution in [0.1, 0.15) is 30.9 Å². The molecular weight excluding hydrogens is 248 g/mol. The number of methoxy groups -OCH3 is 1. The van der Waals surface area contributed by atoms with Crippen molar-refractivity contribution in [2.24, 2.45) is 5.92 Å². The highest BCUT2D eigenvalue weighted by Crippen LogP contribution is 2.32. The third-order valence-corrected chi connectivity index (χ3v) is 3.69. The molecule has 1 fully saturated rings. The van der Waals surface area contributed by atoms with E-state index in [1.54, 1.807) is 19.2 Å². The zero-order valence-corrected chi connectivity index (χ0v) is 11.5. The van der Waals surface area contributed by atoms with E-state index in [4.69, 9.17) is 4.74 Å². The van der Waals surface area contributed by atoms with Gasteiger partial charge >= 0.3 is 0 Å². The smallest absolute Gasteiger partial charge is 0.270 e. The van der Waals surface area contributed by atoms with Gasteiger partial charge in [0.1, 0.15) is 5.75 Å². The SMILES string of the molecule is COc1ccc(C(C)(F)F)cc1CC1CCCNC1. The van der Waals surface area contributed by atoms with E-state index in [-0.39, 0.29) is 5.56 Å². The summed E-state index contributed by atoms with van der Waals surface area (Å²) in [5.74, 6) is -1.59. The summed E-state index contributed by atoms with van der Waals surface area (Å²) in [6.45, 7) is 2.94. The van der Waals surface area contributed by atoms with E-state index in [1.165, 1.54) is 6.07 Å². The molecule has 0 aromatic heterocycles. The number of piperidine rings is 1. The minimum Gasteiger partial charge on any atom is -0.496 e. The highest BCUT2D eigenvalue weighted by Gasteiger charge is 2.26. The number of hydrogen-bond donors (Lipinski definition) is 1. The summed E-state index contributed by atoms with van der Waals surface area (Å²) >= 11 is 0. The van der Waals surface area contributed by atoms with Gasteiger partial charge in [0.2, 0.25) is 0 Å². The molecule has 0 aliphatic carbocycles. The molecule has 2 rings (SSSR count). The summed E-state index contributed by atoms with van der Waals surface area (Å²) in [5.41, 5.74) is 0.947. The topological polar surface area (TPSA) is 21.3 Å². The molecule has 0 radical (unpaired) electrons. The van der Waals surface area contributed by atoms with Crippen LogP contribution in [0, 0.1) is 5.92 Å². The van der Waals surface area contributed by atoms with Gasteiger partial charge in [-0.3, -0.25) is 0 Å². The number of nitrogens with one attached hydrogen (secondary N) is 1. The molecule has 0 bridgehead atoms. The Labute approximate surface area is 113 Å². The molecule has 1 aliphatic rings. The summed E-state index contributed by atoms with van der Waals surface area (Å²) in [6, 6.07) is 4.69. The Bertz CT molecular complexity index is 423. The molecule has 1 heterocycles. The monoisotopic (exact) mass is 269 g/mol. The van der Waals surface area contributed by atoms with Crippen molar-refractivity contribution in [3.8, 4) is 5.75 Å². The summed E-state index contributed by atoms with van der Waals surface area (Å²) < 4.78 is 32.1. The highest BCUT2D eigenvalue weighted by atomic mass is 19.3. The third kappa shape index (κ3) is 3.66. The van der Waals surface area contributed by atoms with Crippen molar-refractivity contribution in [2.45, 2.75) is 32.1 Å². The molecule has 2 nitrogen and oxygen atoms in total. The van der Waals surface area contributed by atoms with Gasteiger partial charge in [0.25, 0.3) is 5.92 Å². The molecule has 1 unspecified atom stereocenters. The van der Waals surface area contributed by atoms with Gasteiger partial charge in [-0.2, -0.15) is 0 Å². The fourth-order valence-corrected chi connectivity index (χ4v) is 2.62. The summed E-state index contributed by atoms with van der Waals surface area (Å²) in [5, 5.41) is 3.35. The molecule has 1 aromatic carbocycles. The summed E-state index contributed by atoms with van der Waals surface area (Å²) in [7, 11) is 1.59. The van der Waals surface area contributed by atoms with Gasteiger partial charge in [-0.05, 0) is 62.0 Å². The minimum absolute atomic E-state index is 0.0621. The van der Waals surface area contributed by atoms with E-state index >= 15 is 0 Å². The summed E-state index contributed by atoms with van der Waals surface area (Å²) in [6.07, 6.45) is 3.08. The van der Waals surface area contributed by atoms with Crippen LogP contribution in [-0.4, -0.2) is 20.2 Å². The molecule has 1 saturated heterocycles. The molecule has 1 aliphatic heterocycles. The second kappa shape index (κ2) is 5.87. The maximum Gasteiger partial charge on any atom is 0.270 e. The van der Waals surface area contributed by atoms with Gasteiger partial charge in [0.05, 0.1) is 7.11 Å². The van der Waals surface area contributed by atoms with E-state index < -0.39 is 5.92 Å². The average molecular weight is 269 g/mol. The van der Waals surface area contributed by atoms with E-state index in [9.17, 15) is 8.78 Å². The first-order valence-corrected chi connectivity index (χ1v) is 6.76. The number of benzene rings is 1. The zero-order chi connectivity index (χ0) is 13.9. The van der Waals surface area contributed by atoms with E-state index in [0.717, 1.165) is 44.8 Å². The molecule has 1 N–H and O–H groups in total. The quantitative estimate of drug-likeness (QED) is 0.905. The molecule has 4 heteroatoms. The van der Waals surface area contributed by atoms with Crippen molar-refractivity contribution in [3.05, 3.63) is 29.3 Å². The van der Waals surface area contributed by atoms with Crippen LogP contribution in [0.5, 0.6) is 5.75 Å². The van der Waals surface area contributed by atoms with E-state index in [0.29, 0.717) is 11.7 Å². The van der Waals surface area contributed by atoms with Crippen molar-refractivity contribution in [2.75, 3.05) is 20.2 Å². The Morgan fingerprint density at radius 1 is 1.42 bits per heavy atom. The van der Waals surface area contributed by atoms with Crippen molar-refractivity contribution in [1.29, 1.82) is 0 Å². The standard InChI is InChI=1S/C15H21F2NO/c1-15(16,17)13-5-6-14(19-2)12(9-13)8-11-4-3-7-18-10-11/h5-6,9,11,18H,3-4,7-8,10H2,1-2H3. The number of alkyl halides is 2. The van der Waals surface area contributed by atoms with Crippen LogP contribution in [0.25, 0.3) is 0 Å². The van der Waals surface area contributed by atoms with Crippen molar-refractivity contribution < 1.29 is 13.5 Å². The molecule has 0 saturated carbocycles. The first-order chi connectivity index (χ1) is 9.00. The van der Waals surface area contributed by atoms with Crippen LogP contribution in [0.4, 0.5) is 8.78 Å². The molecule has 19 heavy (non-hydrogen) atoms. The predicted molar refractivity (Wildman–Crippen MR) is 71.9 cm³/mol. The van der Waals surface area contributed by atoms with E-state index in [2.05, 4.69) is 5.32 Å². The number of hydrogen-bond acceptors (Lipinski definition) is 2. The Morgan fingerprint density at radius 2 is 2.21 bits per heavy atom. The molecule has 1 aromatic rings. The third-order valence-electron chi connectivity index (χ3n) is 3.69. The van der Waals surface area contributed by atoms with Gasteiger partial charge in [0.15, 0.2) is 0 Å². The van der Waals surface area contributed by atoms with Crippen LogP contribution < -0.4 is 10.1 Å². The average Bonchev–Trinajstić information content (AvgIpc) is 2.39. The predicted octanol–water partition coefficient (Wildman–Crippen LogP) is 3.35. The van der Waals surface area contributed by atoms with Crippen molar-refractivity contribution in [1.82, 2.24) is 5.32 Å². The normalized spacial score (nSPS) is 20.3. The van der Waals surface area contributed by atoms with Gasteiger partial charge in [-0.15, -0.1) is 0 Å². The number of halogens is 2. The Hall–Kier alpha value is -1.16. The molecular formula is C15H21F2NO. The Morgan fingerprint density at radius 3 is 2.79 bits per heavy atom. The minimum atomic E-state index is -2.80. The van der Waals surface area contributed by atoms with Crippen LogP contribution in [0.15, 0.2) is 18.2 Å². The Balaban J connectivity index is 2.20. The number of ether oxygens (including phenoxy) is 1. The van der Waals surface area contributed by atoms with Gasteiger partial charge in [0, 0.05) is 12.5 Å². The lowest BCUT2D eigenvalue weighted by Crippen LogP contribution is -2.31. The van der Waals surface area contributed by atoms with Crippen molar-refractivity contribution in [3.63, 3.8) is 0 Å². The van der Waals surface area contributed by atoms with Crippen LogP contribution in [-0.2, 0) is 12.3 Å². The maximum atomic E-state index is 13.4. The summed E-state index contributed by atoms with van der Waals surface area (Å²) in [4.78, 5) is 0. The van der Waals surface area contributed by atoms with E-state index in [1.807, 2.05) is 0 Å². The molecule has 0 amide bonds. The maximum absolute atomic E-state index is 13.4. The van der Waals surface area contributed by atoms with Crippen LogP contribution >= 0.6 is 0 Å². The van der Waals surface area contributed by atoms with Crippen LogP contribution in [0.3, 0.4) is 0 Å². The number of rotatable bonds is 4. The van der Waals surface area contributed by atoms with Crippen LogP contribution in [0.2, 0.25) is 0 Å².